The Morgan fingerprint density at radius 2 is 2.20 bits per heavy atom. The van der Waals surface area contributed by atoms with Crippen molar-refractivity contribution in [3.8, 4) is 5.69 Å². The van der Waals surface area contributed by atoms with Crippen molar-refractivity contribution in [3.05, 3.63) is 46.7 Å². The van der Waals surface area contributed by atoms with Crippen molar-refractivity contribution in [2.75, 3.05) is 13.2 Å². The van der Waals surface area contributed by atoms with Gasteiger partial charge in [0.05, 0.1) is 29.3 Å². The van der Waals surface area contributed by atoms with Crippen LogP contribution in [-0.2, 0) is 9.53 Å². The van der Waals surface area contributed by atoms with E-state index in [0.717, 1.165) is 5.69 Å². The summed E-state index contributed by atoms with van der Waals surface area (Å²) in [5.41, 5.74) is 0.720. The Morgan fingerprint density at radius 3 is 2.84 bits per heavy atom. The van der Waals surface area contributed by atoms with Gasteiger partial charge in [0.25, 0.3) is 5.91 Å². The number of ether oxygens (including phenoxy) is 1. The van der Waals surface area contributed by atoms with Gasteiger partial charge in [-0.2, -0.15) is 5.10 Å². The normalized spacial score (nSPS) is 19.8. The van der Waals surface area contributed by atoms with E-state index in [2.05, 4.69) is 10.4 Å². The zero-order valence-corrected chi connectivity index (χ0v) is 14.4. The molecule has 1 aliphatic rings. The highest BCUT2D eigenvalue weighted by Crippen LogP contribution is 2.24. The largest absolute Gasteiger partial charge is 0.481 e. The quantitative estimate of drug-likeness (QED) is 0.849. The highest BCUT2D eigenvalue weighted by atomic mass is 35.5. The molecule has 2 heterocycles. The van der Waals surface area contributed by atoms with E-state index < -0.39 is 17.4 Å². The standard InChI is InChI=1S/C17H18ClN3O4/c1-11-8-13(20-21(11)14-5-3-2-4-12(14)18)16(24)19-17(9-15(22)23)6-7-25-10-17/h2-5,8H,6-7,9-10H2,1H3,(H,19,24)(H,22,23). The fourth-order valence-electron chi connectivity index (χ4n) is 2.94. The Balaban J connectivity index is 1.85. The number of carbonyl (C=O) groups excluding carboxylic acids is 1. The van der Waals surface area contributed by atoms with Gasteiger partial charge in [-0.1, -0.05) is 23.7 Å². The summed E-state index contributed by atoms with van der Waals surface area (Å²) in [6, 6.07) is 8.84. The number of carboxylic acid groups (broad SMARTS) is 1. The van der Waals surface area contributed by atoms with Crippen LogP contribution in [0.5, 0.6) is 0 Å². The molecular formula is C17H18ClN3O4. The lowest BCUT2D eigenvalue weighted by Crippen LogP contribution is -2.50. The zero-order chi connectivity index (χ0) is 18.0. The second-order valence-corrected chi connectivity index (χ2v) is 6.55. The number of nitrogens with one attached hydrogen (secondary N) is 1. The maximum absolute atomic E-state index is 12.6. The number of rotatable bonds is 5. The van der Waals surface area contributed by atoms with Crippen LogP contribution < -0.4 is 5.32 Å². The van der Waals surface area contributed by atoms with Crippen molar-refractivity contribution in [2.45, 2.75) is 25.3 Å². The van der Waals surface area contributed by atoms with Crippen LogP contribution in [0, 0.1) is 6.92 Å². The minimum absolute atomic E-state index is 0.176. The SMILES string of the molecule is Cc1cc(C(=O)NC2(CC(=O)O)CCOC2)nn1-c1ccccc1Cl. The molecule has 1 aromatic heterocycles. The second kappa shape index (κ2) is 6.85. The van der Waals surface area contributed by atoms with Gasteiger partial charge >= 0.3 is 5.97 Å². The number of hydrogen-bond acceptors (Lipinski definition) is 4. The van der Waals surface area contributed by atoms with Crippen LogP contribution in [0.2, 0.25) is 5.02 Å². The highest BCUT2D eigenvalue weighted by Gasteiger charge is 2.39. The van der Waals surface area contributed by atoms with Crippen molar-refractivity contribution >= 4 is 23.5 Å². The summed E-state index contributed by atoms with van der Waals surface area (Å²) in [6.45, 7) is 2.41. The Labute approximate surface area is 149 Å². The number of nitrogens with zero attached hydrogens (tertiary/aromatic N) is 2. The lowest BCUT2D eigenvalue weighted by atomic mass is 9.94. The average molecular weight is 364 g/mol. The second-order valence-electron chi connectivity index (χ2n) is 6.14. The van der Waals surface area contributed by atoms with Crippen LogP contribution in [-0.4, -0.2) is 45.5 Å². The minimum Gasteiger partial charge on any atom is -0.481 e. The lowest BCUT2D eigenvalue weighted by molar-refractivity contribution is -0.138. The molecule has 7 nitrogen and oxygen atoms in total. The van der Waals surface area contributed by atoms with Crippen LogP contribution in [0.1, 0.15) is 29.0 Å². The molecule has 8 heteroatoms. The first kappa shape index (κ1) is 17.4. The van der Waals surface area contributed by atoms with Gasteiger partial charge < -0.3 is 15.2 Å². The molecule has 0 saturated carbocycles. The van der Waals surface area contributed by atoms with E-state index in [1.807, 2.05) is 19.1 Å². The Morgan fingerprint density at radius 1 is 1.44 bits per heavy atom. The molecular weight excluding hydrogens is 346 g/mol. The summed E-state index contributed by atoms with van der Waals surface area (Å²) in [5.74, 6) is -1.41. The third kappa shape index (κ3) is 3.67. The first-order valence-corrected chi connectivity index (χ1v) is 8.22. The molecule has 1 amide bonds. The molecule has 1 atom stereocenters. The summed E-state index contributed by atoms with van der Waals surface area (Å²) in [4.78, 5) is 23.7. The van der Waals surface area contributed by atoms with Crippen LogP contribution >= 0.6 is 11.6 Å². The lowest BCUT2D eigenvalue weighted by Gasteiger charge is -2.26. The number of aliphatic carboxylic acids is 1. The fraction of sp³-hybridized carbons (Fsp3) is 0.353. The molecule has 1 saturated heterocycles. The summed E-state index contributed by atoms with van der Waals surface area (Å²) in [7, 11) is 0. The number of hydrogen-bond donors (Lipinski definition) is 2. The molecule has 3 rings (SSSR count). The van der Waals surface area contributed by atoms with E-state index in [9.17, 15) is 9.59 Å². The molecule has 0 bridgehead atoms. The summed E-state index contributed by atoms with van der Waals surface area (Å²) in [6.07, 6.45) is 0.262. The Bertz CT molecular complexity index is 812. The van der Waals surface area contributed by atoms with E-state index in [1.165, 1.54) is 0 Å². The number of amides is 1. The molecule has 1 aliphatic heterocycles. The van der Waals surface area contributed by atoms with Crippen molar-refractivity contribution in [1.82, 2.24) is 15.1 Å². The highest BCUT2D eigenvalue weighted by molar-refractivity contribution is 6.32. The molecule has 1 unspecified atom stereocenters. The molecule has 2 aromatic rings. The van der Waals surface area contributed by atoms with Crippen molar-refractivity contribution in [3.63, 3.8) is 0 Å². The van der Waals surface area contributed by atoms with Crippen LogP contribution in [0.15, 0.2) is 30.3 Å². The van der Waals surface area contributed by atoms with Crippen molar-refractivity contribution in [1.29, 1.82) is 0 Å². The first-order valence-electron chi connectivity index (χ1n) is 7.84. The third-order valence-electron chi connectivity index (χ3n) is 4.17. The summed E-state index contributed by atoms with van der Waals surface area (Å²) in [5, 5.41) is 16.7. The van der Waals surface area contributed by atoms with E-state index >= 15 is 0 Å². The molecule has 25 heavy (non-hydrogen) atoms. The zero-order valence-electron chi connectivity index (χ0n) is 13.7. The predicted octanol–water partition coefficient (Wildman–Crippen LogP) is 2.20. The van der Waals surface area contributed by atoms with Gasteiger partial charge in [-0.05, 0) is 31.5 Å². The third-order valence-corrected chi connectivity index (χ3v) is 4.49. The number of aryl methyl sites for hydroxylation is 1. The van der Waals surface area contributed by atoms with Crippen LogP contribution in [0.25, 0.3) is 5.69 Å². The maximum Gasteiger partial charge on any atom is 0.305 e. The molecule has 0 radical (unpaired) electrons. The van der Waals surface area contributed by atoms with E-state index in [4.69, 9.17) is 21.4 Å². The average Bonchev–Trinajstić information content (AvgIpc) is 3.14. The maximum atomic E-state index is 12.6. The van der Waals surface area contributed by atoms with Crippen LogP contribution in [0.4, 0.5) is 0 Å². The molecule has 0 aliphatic carbocycles. The summed E-state index contributed by atoms with van der Waals surface area (Å²) >= 11 is 6.19. The van der Waals surface area contributed by atoms with Crippen LogP contribution in [0.3, 0.4) is 0 Å². The monoisotopic (exact) mass is 363 g/mol. The number of carboxylic acids is 1. The van der Waals surface area contributed by atoms with Gasteiger partial charge in [0.1, 0.15) is 0 Å². The van der Waals surface area contributed by atoms with Crippen molar-refractivity contribution < 1.29 is 19.4 Å². The van der Waals surface area contributed by atoms with E-state index in [1.54, 1.807) is 22.9 Å². The summed E-state index contributed by atoms with van der Waals surface area (Å²) < 4.78 is 6.88. The predicted molar refractivity (Wildman–Crippen MR) is 91.2 cm³/mol. The van der Waals surface area contributed by atoms with Gasteiger partial charge in [-0.3, -0.25) is 9.59 Å². The fourth-order valence-corrected chi connectivity index (χ4v) is 3.15. The molecule has 2 N–H and O–H groups in total. The number of carbonyl (C=O) groups is 2. The van der Waals surface area contributed by atoms with Gasteiger partial charge in [0, 0.05) is 12.3 Å². The van der Waals surface area contributed by atoms with Crippen molar-refractivity contribution in [2.24, 2.45) is 0 Å². The van der Waals surface area contributed by atoms with Gasteiger partial charge in [0.15, 0.2) is 5.69 Å². The Hall–Kier alpha value is -2.38. The van der Waals surface area contributed by atoms with Gasteiger partial charge in [-0.25, -0.2) is 4.68 Å². The molecule has 1 fully saturated rings. The topological polar surface area (TPSA) is 93.5 Å². The molecule has 0 spiro atoms. The molecule has 1 aromatic carbocycles. The first-order chi connectivity index (χ1) is 11.9. The Kier molecular flexibility index (Phi) is 4.78. The van der Waals surface area contributed by atoms with Gasteiger partial charge in [-0.15, -0.1) is 0 Å². The number of benzene rings is 1. The van der Waals surface area contributed by atoms with E-state index in [0.29, 0.717) is 23.7 Å². The number of para-hydroxylation sites is 1. The van der Waals surface area contributed by atoms with Gasteiger partial charge in [0.2, 0.25) is 0 Å². The van der Waals surface area contributed by atoms with E-state index in [-0.39, 0.29) is 18.7 Å². The smallest absolute Gasteiger partial charge is 0.305 e. The number of halogens is 1. The minimum atomic E-state index is -0.983. The molecule has 132 valence electrons. The number of aromatic nitrogens is 2.